The van der Waals surface area contributed by atoms with Gasteiger partial charge in [0.25, 0.3) is 0 Å². The van der Waals surface area contributed by atoms with Crippen LogP contribution >= 0.6 is 0 Å². The van der Waals surface area contributed by atoms with Crippen LogP contribution in [0.1, 0.15) is 5.56 Å². The quantitative estimate of drug-likeness (QED) is 0.545. The fraction of sp³-hybridized carbons (Fsp3) is 0.0714. The number of aromatic nitrogens is 2. The van der Waals surface area contributed by atoms with E-state index in [4.69, 9.17) is 0 Å². The Bertz CT molecular complexity index is 775. The summed E-state index contributed by atoms with van der Waals surface area (Å²) in [5.74, 6) is 0. The topological polar surface area (TPSA) is 38.1 Å². The third-order valence-corrected chi connectivity index (χ3v) is 3.22. The predicted molar refractivity (Wildman–Crippen MR) is 68.9 cm³/mol. The average Bonchev–Trinajstić information content (AvgIpc) is 2.89. The zero-order valence-corrected chi connectivity index (χ0v) is 9.09. The van der Waals surface area contributed by atoms with Crippen molar-refractivity contribution in [3.05, 3.63) is 42.2 Å². The minimum absolute atomic E-state index is 0.891. The molecule has 3 heteroatoms. The van der Waals surface area contributed by atoms with Crippen molar-refractivity contribution in [1.82, 2.24) is 9.97 Å². The molecule has 0 saturated carbocycles. The molecule has 0 atom stereocenters. The Morgan fingerprint density at radius 2 is 1.59 bits per heavy atom. The van der Waals surface area contributed by atoms with E-state index in [9.17, 15) is 0 Å². The molecule has 3 heterocycles. The van der Waals surface area contributed by atoms with Crippen LogP contribution in [0, 0.1) is 0 Å². The van der Waals surface area contributed by atoms with E-state index in [-0.39, 0.29) is 0 Å². The number of pyridine rings is 2. The van der Waals surface area contributed by atoms with Gasteiger partial charge in [0.1, 0.15) is 0 Å². The summed E-state index contributed by atoms with van der Waals surface area (Å²) in [5.41, 5.74) is 4.26. The van der Waals surface area contributed by atoms with Crippen molar-refractivity contribution in [3.8, 4) is 0 Å². The average molecular weight is 219 g/mol. The van der Waals surface area contributed by atoms with Gasteiger partial charge in [-0.3, -0.25) is 15.0 Å². The Labute approximate surface area is 97.9 Å². The first-order valence-corrected chi connectivity index (χ1v) is 5.62. The van der Waals surface area contributed by atoms with Crippen LogP contribution in [-0.2, 0) is 6.42 Å². The van der Waals surface area contributed by atoms with Gasteiger partial charge in [-0.15, -0.1) is 0 Å². The van der Waals surface area contributed by atoms with E-state index in [1.165, 1.54) is 10.9 Å². The Hall–Kier alpha value is -2.29. The van der Waals surface area contributed by atoms with Gasteiger partial charge in [0.15, 0.2) is 0 Å². The second-order valence-corrected chi connectivity index (χ2v) is 4.14. The first-order chi connectivity index (χ1) is 8.45. The summed E-state index contributed by atoms with van der Waals surface area (Å²) in [6, 6.07) is 8.09. The lowest BCUT2D eigenvalue weighted by Crippen LogP contribution is -1.89. The van der Waals surface area contributed by atoms with E-state index in [2.05, 4.69) is 27.1 Å². The molecule has 4 rings (SSSR count). The molecule has 0 N–H and O–H groups in total. The molecule has 0 spiro atoms. The minimum atomic E-state index is 0.891. The Kier molecular flexibility index (Phi) is 1.61. The highest BCUT2D eigenvalue weighted by atomic mass is 14.8. The van der Waals surface area contributed by atoms with Crippen LogP contribution < -0.4 is 0 Å². The number of rotatable bonds is 0. The van der Waals surface area contributed by atoms with Crippen LogP contribution in [0.15, 0.2) is 41.7 Å². The normalized spacial score (nSPS) is 13.4. The summed E-state index contributed by atoms with van der Waals surface area (Å²) in [7, 11) is 0. The van der Waals surface area contributed by atoms with Crippen LogP contribution in [0.25, 0.3) is 21.8 Å². The van der Waals surface area contributed by atoms with Gasteiger partial charge in [0.05, 0.1) is 16.7 Å². The second-order valence-electron chi connectivity index (χ2n) is 4.14. The van der Waals surface area contributed by atoms with Gasteiger partial charge in [-0.25, -0.2) is 0 Å². The summed E-state index contributed by atoms with van der Waals surface area (Å²) in [6.07, 6.45) is 6.48. The molecule has 1 aliphatic heterocycles. The fourth-order valence-electron chi connectivity index (χ4n) is 2.50. The number of benzene rings is 1. The van der Waals surface area contributed by atoms with Gasteiger partial charge in [-0.05, 0) is 23.8 Å². The standard InChI is InChI=1S/C14H9N3/c1-3-9-10-5-8-17-12(10)11-4-2-7-16-14(11)13(9)15-6-1/h1-4,6-8H,5H2. The van der Waals surface area contributed by atoms with E-state index in [1.54, 1.807) is 0 Å². The van der Waals surface area contributed by atoms with Crippen LogP contribution in [0.5, 0.6) is 0 Å². The number of hydrogen-bond acceptors (Lipinski definition) is 3. The summed E-state index contributed by atoms with van der Waals surface area (Å²) in [4.78, 5) is 13.4. The van der Waals surface area contributed by atoms with Crippen molar-refractivity contribution >= 4 is 33.7 Å². The SMILES string of the molecule is C1=Nc2c(c3cccnc3c3ncccc23)C1. The van der Waals surface area contributed by atoms with Crippen LogP contribution in [-0.4, -0.2) is 16.2 Å². The van der Waals surface area contributed by atoms with Gasteiger partial charge in [0, 0.05) is 35.8 Å². The lowest BCUT2D eigenvalue weighted by molar-refractivity contribution is 1.35. The first kappa shape index (κ1) is 8.82. The predicted octanol–water partition coefficient (Wildman–Crippen LogP) is 3.04. The van der Waals surface area contributed by atoms with E-state index < -0.39 is 0 Å². The molecule has 2 aromatic heterocycles. The van der Waals surface area contributed by atoms with E-state index in [0.29, 0.717) is 0 Å². The molecular weight excluding hydrogens is 210 g/mol. The summed E-state index contributed by atoms with van der Waals surface area (Å²) >= 11 is 0. The lowest BCUT2D eigenvalue weighted by Gasteiger charge is -2.08. The van der Waals surface area contributed by atoms with Gasteiger partial charge in [-0.1, -0.05) is 6.07 Å². The molecule has 17 heavy (non-hydrogen) atoms. The van der Waals surface area contributed by atoms with Crippen molar-refractivity contribution in [1.29, 1.82) is 0 Å². The highest BCUT2D eigenvalue weighted by Gasteiger charge is 2.16. The van der Waals surface area contributed by atoms with Crippen molar-refractivity contribution in [3.63, 3.8) is 0 Å². The zero-order valence-electron chi connectivity index (χ0n) is 9.09. The Morgan fingerprint density at radius 1 is 0.882 bits per heavy atom. The third-order valence-electron chi connectivity index (χ3n) is 3.22. The largest absolute Gasteiger partial charge is 0.260 e. The van der Waals surface area contributed by atoms with Crippen molar-refractivity contribution in [2.24, 2.45) is 4.99 Å². The van der Waals surface area contributed by atoms with Gasteiger partial charge >= 0.3 is 0 Å². The molecule has 3 aromatic rings. The van der Waals surface area contributed by atoms with E-state index in [1.807, 2.05) is 30.7 Å². The molecule has 0 unspecified atom stereocenters. The number of nitrogens with zero attached hydrogens (tertiary/aromatic N) is 3. The first-order valence-electron chi connectivity index (χ1n) is 5.62. The van der Waals surface area contributed by atoms with Crippen molar-refractivity contribution < 1.29 is 0 Å². The van der Waals surface area contributed by atoms with Crippen LogP contribution in [0.4, 0.5) is 5.69 Å². The third kappa shape index (κ3) is 1.08. The van der Waals surface area contributed by atoms with Gasteiger partial charge in [0.2, 0.25) is 0 Å². The molecule has 0 radical (unpaired) electrons. The zero-order chi connectivity index (χ0) is 11.2. The molecule has 0 fully saturated rings. The Morgan fingerprint density at radius 3 is 2.41 bits per heavy atom. The van der Waals surface area contributed by atoms with Crippen molar-refractivity contribution in [2.45, 2.75) is 6.42 Å². The molecule has 80 valence electrons. The van der Waals surface area contributed by atoms with E-state index in [0.717, 1.165) is 28.5 Å². The lowest BCUT2D eigenvalue weighted by atomic mass is 10.0. The number of hydrogen-bond donors (Lipinski definition) is 0. The molecular formula is C14H9N3. The molecule has 1 aliphatic rings. The van der Waals surface area contributed by atoms with Crippen molar-refractivity contribution in [2.75, 3.05) is 0 Å². The van der Waals surface area contributed by atoms with Gasteiger partial charge < -0.3 is 0 Å². The summed E-state index contributed by atoms with van der Waals surface area (Å²) < 4.78 is 0. The minimum Gasteiger partial charge on any atom is -0.260 e. The maximum atomic E-state index is 4.48. The monoisotopic (exact) mass is 219 g/mol. The second kappa shape index (κ2) is 3.10. The molecule has 0 aliphatic carbocycles. The highest BCUT2D eigenvalue weighted by molar-refractivity contribution is 6.13. The highest BCUT2D eigenvalue weighted by Crippen LogP contribution is 2.38. The summed E-state index contributed by atoms with van der Waals surface area (Å²) in [5, 5.41) is 2.27. The molecule has 0 amide bonds. The molecule has 1 aromatic carbocycles. The maximum Gasteiger partial charge on any atom is 0.0986 e. The maximum absolute atomic E-state index is 4.48. The number of aliphatic imine (C=N–C) groups is 1. The van der Waals surface area contributed by atoms with Crippen LogP contribution in [0.3, 0.4) is 0 Å². The molecule has 0 bridgehead atoms. The van der Waals surface area contributed by atoms with E-state index >= 15 is 0 Å². The Balaban J connectivity index is 2.37. The fourth-order valence-corrected chi connectivity index (χ4v) is 2.50. The van der Waals surface area contributed by atoms with Crippen LogP contribution in [0.2, 0.25) is 0 Å². The summed E-state index contributed by atoms with van der Waals surface area (Å²) in [6.45, 7) is 0. The number of fused-ring (bicyclic) bond motifs is 6. The molecule has 0 saturated heterocycles. The van der Waals surface area contributed by atoms with Gasteiger partial charge in [-0.2, -0.15) is 0 Å². The molecule has 3 nitrogen and oxygen atoms in total. The smallest absolute Gasteiger partial charge is 0.0986 e.